The van der Waals surface area contributed by atoms with Gasteiger partial charge in [0.25, 0.3) is 5.91 Å². The summed E-state index contributed by atoms with van der Waals surface area (Å²) >= 11 is 0. The average molecular weight is 331 g/mol. The Bertz CT molecular complexity index is 620. The van der Waals surface area contributed by atoms with Gasteiger partial charge in [-0.1, -0.05) is 0 Å². The van der Waals surface area contributed by atoms with Crippen LogP contribution in [0, 0.1) is 0 Å². The summed E-state index contributed by atoms with van der Waals surface area (Å²) in [6, 6.07) is 6.65. The number of nitrogens with zero attached hydrogens (tertiary/aromatic N) is 2. The molecule has 128 valence electrons. The van der Waals surface area contributed by atoms with Crippen molar-refractivity contribution in [1.82, 2.24) is 15.1 Å². The van der Waals surface area contributed by atoms with E-state index in [0.29, 0.717) is 38.1 Å². The molecule has 3 rings (SSSR count). The third-order valence-electron chi connectivity index (χ3n) is 4.41. The maximum Gasteiger partial charge on any atom is 0.324 e. The Balaban J connectivity index is 1.59. The van der Waals surface area contributed by atoms with Gasteiger partial charge in [-0.2, -0.15) is 0 Å². The number of amides is 4. The molecule has 2 aliphatic heterocycles. The predicted octanol–water partition coefficient (Wildman–Crippen LogP) is 1.24. The summed E-state index contributed by atoms with van der Waals surface area (Å²) in [6.07, 6.45) is 1.23. The van der Waals surface area contributed by atoms with E-state index in [2.05, 4.69) is 5.32 Å². The number of hydrogen-bond acceptors (Lipinski definition) is 4. The van der Waals surface area contributed by atoms with Gasteiger partial charge in [0.15, 0.2) is 0 Å². The molecule has 2 aliphatic rings. The van der Waals surface area contributed by atoms with Gasteiger partial charge >= 0.3 is 6.03 Å². The van der Waals surface area contributed by atoms with Gasteiger partial charge in [-0.3, -0.25) is 14.5 Å². The lowest BCUT2D eigenvalue weighted by Gasteiger charge is -2.35. The predicted molar refractivity (Wildman–Crippen MR) is 86.8 cm³/mol. The molecule has 4 amide bonds. The number of hydrogen-bond donors (Lipinski definition) is 1. The Morgan fingerprint density at radius 3 is 2.42 bits per heavy atom. The first-order chi connectivity index (χ1) is 11.6. The SMILES string of the molecule is CCOc1ccc(C(=O)N2CCC(N3C(=O)CNC3=O)CC2)cc1. The Hall–Kier alpha value is -2.57. The number of urea groups is 1. The van der Waals surface area contributed by atoms with Crippen molar-refractivity contribution in [3.8, 4) is 5.75 Å². The second-order valence-electron chi connectivity index (χ2n) is 5.90. The lowest BCUT2D eigenvalue weighted by Crippen LogP contribution is -2.49. The molecule has 2 saturated heterocycles. The number of benzene rings is 1. The lowest BCUT2D eigenvalue weighted by atomic mass is 10.0. The Labute approximate surface area is 140 Å². The van der Waals surface area contributed by atoms with Crippen molar-refractivity contribution in [3.05, 3.63) is 29.8 Å². The summed E-state index contributed by atoms with van der Waals surface area (Å²) in [4.78, 5) is 39.1. The number of ether oxygens (including phenoxy) is 1. The summed E-state index contributed by atoms with van der Waals surface area (Å²) in [5.74, 6) is 0.524. The molecule has 0 saturated carbocycles. The molecule has 0 spiro atoms. The minimum absolute atomic E-state index is 0.0336. The second-order valence-corrected chi connectivity index (χ2v) is 5.90. The largest absolute Gasteiger partial charge is 0.494 e. The Morgan fingerprint density at radius 2 is 1.88 bits per heavy atom. The van der Waals surface area contributed by atoms with Crippen molar-refractivity contribution in [2.24, 2.45) is 0 Å². The van der Waals surface area contributed by atoms with E-state index in [1.807, 2.05) is 6.92 Å². The van der Waals surface area contributed by atoms with Crippen LogP contribution >= 0.6 is 0 Å². The fourth-order valence-corrected chi connectivity index (χ4v) is 3.17. The highest BCUT2D eigenvalue weighted by Gasteiger charge is 2.37. The average Bonchev–Trinajstić information content (AvgIpc) is 2.94. The Kier molecular flexibility index (Phi) is 4.69. The molecule has 0 radical (unpaired) electrons. The first-order valence-electron chi connectivity index (χ1n) is 8.22. The topological polar surface area (TPSA) is 79.0 Å². The van der Waals surface area contributed by atoms with Crippen molar-refractivity contribution in [2.45, 2.75) is 25.8 Å². The molecule has 7 heteroatoms. The maximum absolute atomic E-state index is 12.6. The van der Waals surface area contributed by atoms with E-state index in [9.17, 15) is 14.4 Å². The molecule has 0 aliphatic carbocycles. The molecule has 1 aromatic carbocycles. The van der Waals surface area contributed by atoms with E-state index in [-0.39, 0.29) is 30.4 Å². The highest BCUT2D eigenvalue weighted by atomic mass is 16.5. The smallest absolute Gasteiger partial charge is 0.324 e. The first kappa shape index (κ1) is 16.3. The van der Waals surface area contributed by atoms with Crippen LogP contribution in [-0.2, 0) is 4.79 Å². The van der Waals surface area contributed by atoms with Gasteiger partial charge in [0.2, 0.25) is 5.91 Å². The molecule has 24 heavy (non-hydrogen) atoms. The van der Waals surface area contributed by atoms with Crippen LogP contribution < -0.4 is 10.1 Å². The van der Waals surface area contributed by atoms with Crippen LogP contribution in [0.5, 0.6) is 5.75 Å². The van der Waals surface area contributed by atoms with Crippen molar-refractivity contribution >= 4 is 17.8 Å². The molecule has 1 N–H and O–H groups in total. The van der Waals surface area contributed by atoms with Gasteiger partial charge in [-0.15, -0.1) is 0 Å². The second kappa shape index (κ2) is 6.90. The molecule has 2 fully saturated rings. The molecular formula is C17H21N3O4. The van der Waals surface area contributed by atoms with E-state index in [0.717, 1.165) is 5.75 Å². The van der Waals surface area contributed by atoms with Crippen molar-refractivity contribution in [3.63, 3.8) is 0 Å². The zero-order valence-electron chi connectivity index (χ0n) is 13.7. The van der Waals surface area contributed by atoms with Gasteiger partial charge < -0.3 is 15.0 Å². The van der Waals surface area contributed by atoms with E-state index in [1.54, 1.807) is 29.2 Å². The van der Waals surface area contributed by atoms with Gasteiger partial charge in [0.05, 0.1) is 13.2 Å². The summed E-state index contributed by atoms with van der Waals surface area (Å²) in [6.45, 7) is 3.64. The number of carbonyl (C=O) groups excluding carboxylic acids is 3. The van der Waals surface area contributed by atoms with E-state index < -0.39 is 0 Å². The zero-order valence-corrected chi connectivity index (χ0v) is 13.7. The summed E-state index contributed by atoms with van der Waals surface area (Å²) in [5, 5.41) is 2.54. The van der Waals surface area contributed by atoms with Crippen LogP contribution in [0.4, 0.5) is 4.79 Å². The molecule has 0 atom stereocenters. The van der Waals surface area contributed by atoms with E-state index in [1.165, 1.54) is 4.90 Å². The number of imide groups is 1. The fourth-order valence-electron chi connectivity index (χ4n) is 3.17. The van der Waals surface area contributed by atoms with Crippen LogP contribution in [0.25, 0.3) is 0 Å². The van der Waals surface area contributed by atoms with Crippen LogP contribution in [-0.4, -0.2) is 59.9 Å². The number of carbonyl (C=O) groups is 3. The first-order valence-corrected chi connectivity index (χ1v) is 8.22. The number of likely N-dealkylation sites (tertiary alicyclic amines) is 1. The molecule has 0 aromatic heterocycles. The minimum atomic E-state index is -0.323. The number of piperidine rings is 1. The monoisotopic (exact) mass is 331 g/mol. The molecule has 7 nitrogen and oxygen atoms in total. The highest BCUT2D eigenvalue weighted by Crippen LogP contribution is 2.21. The molecule has 1 aromatic rings. The molecule has 0 unspecified atom stereocenters. The maximum atomic E-state index is 12.6. The number of nitrogens with one attached hydrogen (secondary N) is 1. The van der Waals surface area contributed by atoms with Crippen LogP contribution in [0.15, 0.2) is 24.3 Å². The van der Waals surface area contributed by atoms with Crippen molar-refractivity contribution in [1.29, 1.82) is 0 Å². The molecule has 0 bridgehead atoms. The van der Waals surface area contributed by atoms with Gasteiger partial charge in [-0.25, -0.2) is 4.79 Å². The molecular weight excluding hydrogens is 310 g/mol. The van der Waals surface area contributed by atoms with Gasteiger partial charge in [0, 0.05) is 24.7 Å². The fraction of sp³-hybridized carbons (Fsp3) is 0.471. The van der Waals surface area contributed by atoms with Crippen LogP contribution in [0.1, 0.15) is 30.1 Å². The third kappa shape index (κ3) is 3.20. The standard InChI is InChI=1S/C17H21N3O4/c1-2-24-14-5-3-12(4-6-14)16(22)19-9-7-13(8-10-19)20-15(21)11-18-17(20)23/h3-6,13H,2,7-11H2,1H3,(H,18,23). The van der Waals surface area contributed by atoms with Crippen molar-refractivity contribution in [2.75, 3.05) is 26.2 Å². The van der Waals surface area contributed by atoms with Gasteiger partial charge in [-0.05, 0) is 44.0 Å². The number of rotatable bonds is 4. The highest BCUT2D eigenvalue weighted by molar-refractivity contribution is 6.02. The van der Waals surface area contributed by atoms with Crippen LogP contribution in [0.2, 0.25) is 0 Å². The molecule has 2 heterocycles. The summed E-state index contributed by atoms with van der Waals surface area (Å²) in [5.41, 5.74) is 0.617. The van der Waals surface area contributed by atoms with E-state index >= 15 is 0 Å². The minimum Gasteiger partial charge on any atom is -0.494 e. The van der Waals surface area contributed by atoms with Crippen LogP contribution in [0.3, 0.4) is 0 Å². The summed E-state index contributed by atoms with van der Waals surface area (Å²) in [7, 11) is 0. The quantitative estimate of drug-likeness (QED) is 0.842. The summed E-state index contributed by atoms with van der Waals surface area (Å²) < 4.78 is 5.38. The third-order valence-corrected chi connectivity index (χ3v) is 4.41. The van der Waals surface area contributed by atoms with E-state index in [4.69, 9.17) is 4.74 Å². The zero-order chi connectivity index (χ0) is 17.1. The normalized spacial score (nSPS) is 18.7. The lowest BCUT2D eigenvalue weighted by molar-refractivity contribution is -0.127. The van der Waals surface area contributed by atoms with Gasteiger partial charge in [0.1, 0.15) is 5.75 Å². The van der Waals surface area contributed by atoms with Crippen molar-refractivity contribution < 1.29 is 19.1 Å². The Morgan fingerprint density at radius 1 is 1.21 bits per heavy atom.